The van der Waals surface area contributed by atoms with Crippen molar-refractivity contribution in [2.24, 2.45) is 0 Å². The fourth-order valence-corrected chi connectivity index (χ4v) is 7.90. The number of rotatable bonds is 47. The third-order valence-corrected chi connectivity index (χ3v) is 11.9. The van der Waals surface area contributed by atoms with Crippen LogP contribution in [0.5, 0.6) is 0 Å². The fourth-order valence-electron chi connectivity index (χ4n) is 7.11. The van der Waals surface area contributed by atoms with Crippen LogP contribution in [0.25, 0.3) is 0 Å². The van der Waals surface area contributed by atoms with E-state index >= 15 is 0 Å². The number of ether oxygens (including phenoxy) is 2. The highest BCUT2D eigenvalue weighted by molar-refractivity contribution is 7.47. The van der Waals surface area contributed by atoms with E-state index in [1.165, 1.54) is 167 Å². The van der Waals surface area contributed by atoms with Crippen LogP contribution in [0.4, 0.5) is 0 Å². The minimum atomic E-state index is -4.62. The maximum absolute atomic E-state index is 12.6. The first-order valence-corrected chi connectivity index (χ1v) is 26.1. The number of hydrogen-bond acceptors (Lipinski definition) is 9. The standard InChI is InChI=1S/C48H93O10P/c1-3-5-7-9-11-13-15-17-19-21-22-24-25-27-29-31-33-35-37-39-47(51)55-43-46(44-57-59(53,54)56-42-45(50)41-49)58-48(52)40-38-36-34-32-30-28-26-23-20-18-16-14-12-10-8-6-4-2/h18,20,45-46,49-50H,3-17,19,21-44H2,1-2H3,(H,53,54)/b20-18-/t45-,46+/m0/s1. The van der Waals surface area contributed by atoms with E-state index in [1.54, 1.807) is 0 Å². The average molecular weight is 861 g/mol. The van der Waals surface area contributed by atoms with Gasteiger partial charge in [-0.2, -0.15) is 0 Å². The lowest BCUT2D eigenvalue weighted by molar-refractivity contribution is -0.161. The van der Waals surface area contributed by atoms with Crippen molar-refractivity contribution in [2.75, 3.05) is 26.4 Å². The lowest BCUT2D eigenvalue weighted by atomic mass is 10.0. The zero-order valence-electron chi connectivity index (χ0n) is 38.2. The van der Waals surface area contributed by atoms with Gasteiger partial charge in [0.25, 0.3) is 0 Å². The maximum Gasteiger partial charge on any atom is 0.472 e. The highest BCUT2D eigenvalue weighted by Crippen LogP contribution is 2.43. The molecule has 10 nitrogen and oxygen atoms in total. The summed E-state index contributed by atoms with van der Waals surface area (Å²) in [5.74, 6) is -0.915. The van der Waals surface area contributed by atoms with E-state index in [9.17, 15) is 24.2 Å². The minimum absolute atomic E-state index is 0.184. The van der Waals surface area contributed by atoms with E-state index < -0.39 is 51.8 Å². The van der Waals surface area contributed by atoms with Crippen molar-refractivity contribution >= 4 is 19.8 Å². The number of aliphatic hydroxyl groups is 2. The van der Waals surface area contributed by atoms with Gasteiger partial charge in [-0.3, -0.25) is 18.6 Å². The van der Waals surface area contributed by atoms with E-state index in [-0.39, 0.29) is 19.4 Å². The van der Waals surface area contributed by atoms with Crippen molar-refractivity contribution in [2.45, 2.75) is 257 Å². The largest absolute Gasteiger partial charge is 0.472 e. The van der Waals surface area contributed by atoms with Gasteiger partial charge in [0.15, 0.2) is 6.10 Å². The van der Waals surface area contributed by atoms with E-state index in [4.69, 9.17) is 23.6 Å². The van der Waals surface area contributed by atoms with Gasteiger partial charge in [-0.25, -0.2) is 4.57 Å². The van der Waals surface area contributed by atoms with Crippen LogP contribution in [0.15, 0.2) is 12.2 Å². The predicted molar refractivity (Wildman–Crippen MR) is 242 cm³/mol. The molecule has 0 rings (SSSR count). The van der Waals surface area contributed by atoms with E-state index in [2.05, 4.69) is 26.0 Å². The highest BCUT2D eigenvalue weighted by atomic mass is 31.2. The number of aliphatic hydroxyl groups excluding tert-OH is 2. The van der Waals surface area contributed by atoms with Gasteiger partial charge in [-0.1, -0.05) is 206 Å². The van der Waals surface area contributed by atoms with Crippen LogP contribution < -0.4 is 0 Å². The molecule has 0 aromatic heterocycles. The molecule has 11 heteroatoms. The fraction of sp³-hybridized carbons (Fsp3) is 0.917. The highest BCUT2D eigenvalue weighted by Gasteiger charge is 2.27. The molecule has 0 fully saturated rings. The molecule has 59 heavy (non-hydrogen) atoms. The third kappa shape index (κ3) is 44.6. The Balaban J connectivity index is 4.18. The summed E-state index contributed by atoms with van der Waals surface area (Å²) < 4.78 is 32.8. The number of unbranched alkanes of at least 4 members (excludes halogenated alkanes) is 31. The number of carbonyl (C=O) groups is 2. The molecule has 1 unspecified atom stereocenters. The summed E-state index contributed by atoms with van der Waals surface area (Å²) in [5, 5.41) is 18.4. The first-order chi connectivity index (χ1) is 28.7. The monoisotopic (exact) mass is 861 g/mol. The molecule has 0 saturated carbocycles. The second kappa shape index (κ2) is 44.8. The summed E-state index contributed by atoms with van der Waals surface area (Å²) in [5.41, 5.74) is 0. The summed E-state index contributed by atoms with van der Waals surface area (Å²) >= 11 is 0. The van der Waals surface area contributed by atoms with Gasteiger partial charge in [0.1, 0.15) is 12.7 Å². The second-order valence-electron chi connectivity index (χ2n) is 16.8. The summed E-state index contributed by atoms with van der Waals surface area (Å²) in [4.78, 5) is 35.1. The molecule has 0 aromatic carbocycles. The Kier molecular flexibility index (Phi) is 43.8. The molecule has 350 valence electrons. The molecular formula is C48H93O10P. The molecule has 0 radical (unpaired) electrons. The Morgan fingerprint density at radius 2 is 0.831 bits per heavy atom. The van der Waals surface area contributed by atoms with Crippen molar-refractivity contribution in [3.63, 3.8) is 0 Å². The minimum Gasteiger partial charge on any atom is -0.462 e. The number of esters is 2. The van der Waals surface area contributed by atoms with Crippen molar-refractivity contribution in [3.8, 4) is 0 Å². The van der Waals surface area contributed by atoms with Crippen LogP contribution in [0.3, 0.4) is 0 Å². The van der Waals surface area contributed by atoms with Crippen molar-refractivity contribution < 1.29 is 47.8 Å². The molecular weight excluding hydrogens is 767 g/mol. The van der Waals surface area contributed by atoms with Crippen molar-refractivity contribution in [1.82, 2.24) is 0 Å². The van der Waals surface area contributed by atoms with Gasteiger partial charge < -0.3 is 24.6 Å². The Labute approximate surface area is 362 Å². The zero-order chi connectivity index (χ0) is 43.3. The second-order valence-corrected chi connectivity index (χ2v) is 18.3. The van der Waals surface area contributed by atoms with E-state index in [1.807, 2.05) is 0 Å². The lowest BCUT2D eigenvalue weighted by Gasteiger charge is -2.20. The van der Waals surface area contributed by atoms with Gasteiger partial charge in [0.05, 0.1) is 19.8 Å². The molecule has 0 aliphatic rings. The van der Waals surface area contributed by atoms with Crippen LogP contribution in [-0.4, -0.2) is 65.7 Å². The Morgan fingerprint density at radius 1 is 0.492 bits per heavy atom. The van der Waals surface area contributed by atoms with Gasteiger partial charge in [0, 0.05) is 12.8 Å². The number of phosphoric ester groups is 1. The summed E-state index contributed by atoms with van der Waals surface area (Å²) in [6.45, 7) is 2.42. The summed E-state index contributed by atoms with van der Waals surface area (Å²) in [6.07, 6.45) is 44.6. The summed E-state index contributed by atoms with van der Waals surface area (Å²) in [6, 6.07) is 0. The Morgan fingerprint density at radius 3 is 1.22 bits per heavy atom. The first kappa shape index (κ1) is 57.7. The molecule has 0 amide bonds. The molecule has 3 N–H and O–H groups in total. The topological polar surface area (TPSA) is 149 Å². The molecule has 0 aliphatic heterocycles. The third-order valence-electron chi connectivity index (χ3n) is 10.9. The van der Waals surface area contributed by atoms with Crippen molar-refractivity contribution in [3.05, 3.63) is 12.2 Å². The molecule has 0 aliphatic carbocycles. The number of allylic oxidation sites excluding steroid dienone is 2. The van der Waals surface area contributed by atoms with Crippen LogP contribution in [0.1, 0.15) is 245 Å². The van der Waals surface area contributed by atoms with Gasteiger partial charge in [0.2, 0.25) is 0 Å². The Hall–Kier alpha value is -1.29. The van der Waals surface area contributed by atoms with Gasteiger partial charge in [-0.15, -0.1) is 0 Å². The molecule has 0 heterocycles. The first-order valence-electron chi connectivity index (χ1n) is 24.6. The quantitative estimate of drug-likeness (QED) is 0.0234. The number of hydrogen-bond donors (Lipinski definition) is 3. The van der Waals surface area contributed by atoms with Crippen LogP contribution in [0.2, 0.25) is 0 Å². The predicted octanol–water partition coefficient (Wildman–Crippen LogP) is 13.6. The molecule has 0 aromatic rings. The van der Waals surface area contributed by atoms with E-state index in [0.29, 0.717) is 12.8 Å². The molecule has 0 spiro atoms. The van der Waals surface area contributed by atoms with Crippen LogP contribution in [0, 0.1) is 0 Å². The lowest BCUT2D eigenvalue weighted by Crippen LogP contribution is -2.29. The molecule has 3 atom stereocenters. The van der Waals surface area contributed by atoms with Gasteiger partial charge in [-0.05, 0) is 38.5 Å². The van der Waals surface area contributed by atoms with Crippen LogP contribution in [-0.2, 0) is 32.7 Å². The summed E-state index contributed by atoms with van der Waals surface area (Å²) in [7, 11) is -4.62. The number of phosphoric acid groups is 1. The van der Waals surface area contributed by atoms with E-state index in [0.717, 1.165) is 38.5 Å². The number of carbonyl (C=O) groups excluding carboxylic acids is 2. The van der Waals surface area contributed by atoms with Gasteiger partial charge >= 0.3 is 19.8 Å². The van der Waals surface area contributed by atoms with Crippen molar-refractivity contribution in [1.29, 1.82) is 0 Å². The SMILES string of the molecule is CCCCCCCC/C=C\CCCCCCCCCC(=O)O[C@H](COC(=O)CCCCCCCCCCCCCCCCCCCCC)COP(=O)(O)OC[C@@H](O)CO. The smallest absolute Gasteiger partial charge is 0.462 e. The maximum atomic E-state index is 12.6. The van der Waals surface area contributed by atoms with Crippen LogP contribution >= 0.6 is 7.82 Å². The zero-order valence-corrected chi connectivity index (χ0v) is 39.1. The average Bonchev–Trinajstić information content (AvgIpc) is 3.22. The molecule has 0 saturated heterocycles. The normalized spacial score (nSPS) is 13.8. The Bertz CT molecular complexity index is 993. The molecule has 0 bridgehead atoms.